The number of amides is 1. The van der Waals surface area contributed by atoms with Crippen molar-refractivity contribution in [2.75, 3.05) is 19.0 Å². The molecule has 1 aromatic heterocycles. The first-order chi connectivity index (χ1) is 10.7. The zero-order chi connectivity index (χ0) is 15.5. The summed E-state index contributed by atoms with van der Waals surface area (Å²) in [7, 11) is 1.76. The largest absolute Gasteiger partial charge is 0.492 e. The number of fused-ring (bicyclic) bond motifs is 1. The molecule has 2 aromatic rings. The van der Waals surface area contributed by atoms with Gasteiger partial charge < -0.3 is 15.4 Å². The molecule has 0 radical (unpaired) electrons. The van der Waals surface area contributed by atoms with Gasteiger partial charge >= 0.3 is 0 Å². The lowest BCUT2D eigenvalue weighted by Gasteiger charge is -2.27. The summed E-state index contributed by atoms with van der Waals surface area (Å²) < 4.78 is 5.61. The number of carbonyl (C=O) groups excluding carboxylic acids is 1. The van der Waals surface area contributed by atoms with Crippen LogP contribution in [-0.2, 0) is 0 Å². The average molecular weight is 318 g/mol. The van der Waals surface area contributed by atoms with Crippen molar-refractivity contribution in [2.45, 2.75) is 12.5 Å². The normalized spacial score (nSPS) is 16.4. The lowest BCUT2D eigenvalue weighted by molar-refractivity contribution is 0.0924. The Bertz CT molecular complexity index is 706. The third kappa shape index (κ3) is 2.85. The van der Waals surface area contributed by atoms with E-state index >= 15 is 0 Å². The van der Waals surface area contributed by atoms with Gasteiger partial charge in [0.25, 0.3) is 5.91 Å². The van der Waals surface area contributed by atoms with Crippen molar-refractivity contribution in [1.29, 1.82) is 0 Å². The number of nitrogens with one attached hydrogen (secondary N) is 2. The molecule has 0 bridgehead atoms. The Balaban J connectivity index is 1.82. The Morgan fingerprint density at radius 3 is 3.09 bits per heavy atom. The molecule has 114 valence electrons. The molecule has 0 spiro atoms. The molecule has 1 aromatic carbocycles. The van der Waals surface area contributed by atoms with Gasteiger partial charge in [0.2, 0.25) is 0 Å². The predicted molar refractivity (Wildman–Crippen MR) is 85.6 cm³/mol. The quantitative estimate of drug-likeness (QED) is 0.913. The lowest BCUT2D eigenvalue weighted by atomic mass is 10.00. The monoisotopic (exact) mass is 317 g/mol. The van der Waals surface area contributed by atoms with E-state index in [1.54, 1.807) is 31.4 Å². The van der Waals surface area contributed by atoms with Crippen molar-refractivity contribution < 1.29 is 9.53 Å². The van der Waals surface area contributed by atoms with Gasteiger partial charge in [-0.3, -0.25) is 4.79 Å². The highest BCUT2D eigenvalue weighted by Crippen LogP contribution is 2.37. The number of rotatable bonds is 3. The number of ether oxygens (including phenoxy) is 1. The van der Waals surface area contributed by atoms with Crippen molar-refractivity contribution in [3.63, 3.8) is 0 Å². The van der Waals surface area contributed by atoms with Crippen LogP contribution in [0.1, 0.15) is 28.4 Å². The number of benzene rings is 1. The molecule has 2 heterocycles. The van der Waals surface area contributed by atoms with Gasteiger partial charge in [-0.15, -0.1) is 0 Å². The number of carbonyl (C=O) groups is 1. The summed E-state index contributed by atoms with van der Waals surface area (Å²) >= 11 is 6.15. The Kier molecular flexibility index (Phi) is 4.15. The second kappa shape index (κ2) is 6.23. The zero-order valence-corrected chi connectivity index (χ0v) is 12.9. The molecular weight excluding hydrogens is 302 g/mol. The minimum atomic E-state index is -0.142. The average Bonchev–Trinajstić information content (AvgIpc) is 2.56. The minimum absolute atomic E-state index is 0.110. The van der Waals surface area contributed by atoms with Crippen LogP contribution in [0.2, 0.25) is 5.02 Å². The molecule has 0 saturated heterocycles. The number of anilines is 1. The highest BCUT2D eigenvalue weighted by atomic mass is 35.5. The highest BCUT2D eigenvalue weighted by molar-refractivity contribution is 6.32. The summed E-state index contributed by atoms with van der Waals surface area (Å²) in [5.41, 5.74) is 1.48. The molecule has 22 heavy (non-hydrogen) atoms. The summed E-state index contributed by atoms with van der Waals surface area (Å²) in [5.74, 6) is 1.17. The maximum absolute atomic E-state index is 12.4. The summed E-state index contributed by atoms with van der Waals surface area (Å²) in [5, 5.41) is 6.52. The summed E-state index contributed by atoms with van der Waals surface area (Å²) in [6, 6.07) is 8.87. The Morgan fingerprint density at radius 2 is 2.27 bits per heavy atom. The standard InChI is InChI=1S/C16H16ClN3O2/c1-18-14-9-10(5-7-19-14)16(21)20-13-6-8-22-15-11(13)3-2-4-12(15)17/h2-5,7,9,13H,6,8H2,1H3,(H,18,19)(H,20,21)/t13-/m1/s1. The minimum Gasteiger partial charge on any atom is -0.492 e. The fraction of sp³-hybridized carbons (Fsp3) is 0.250. The third-order valence-electron chi connectivity index (χ3n) is 3.61. The molecule has 0 saturated carbocycles. The molecule has 1 aliphatic heterocycles. The van der Waals surface area contributed by atoms with Gasteiger partial charge in [-0.2, -0.15) is 0 Å². The van der Waals surface area contributed by atoms with Crippen LogP contribution in [0.4, 0.5) is 5.82 Å². The van der Waals surface area contributed by atoms with E-state index in [2.05, 4.69) is 15.6 Å². The van der Waals surface area contributed by atoms with Gasteiger partial charge in [0.1, 0.15) is 11.6 Å². The molecule has 1 atom stereocenters. The van der Waals surface area contributed by atoms with Crippen molar-refractivity contribution in [3.8, 4) is 5.75 Å². The SMILES string of the molecule is CNc1cc(C(=O)N[C@@H]2CCOc3c(Cl)cccc32)ccn1. The fourth-order valence-electron chi connectivity index (χ4n) is 2.49. The number of hydrogen-bond donors (Lipinski definition) is 2. The number of nitrogens with zero attached hydrogens (tertiary/aromatic N) is 1. The maximum atomic E-state index is 12.4. The predicted octanol–water partition coefficient (Wildman–Crippen LogP) is 3.03. The third-order valence-corrected chi connectivity index (χ3v) is 3.91. The second-order valence-corrected chi connectivity index (χ2v) is 5.41. The number of pyridine rings is 1. The van der Waals surface area contributed by atoms with Crippen LogP contribution >= 0.6 is 11.6 Å². The smallest absolute Gasteiger partial charge is 0.251 e. The number of para-hydroxylation sites is 1. The van der Waals surface area contributed by atoms with Crippen LogP contribution in [-0.4, -0.2) is 24.5 Å². The zero-order valence-electron chi connectivity index (χ0n) is 12.1. The number of halogens is 1. The molecule has 5 nitrogen and oxygen atoms in total. The van der Waals surface area contributed by atoms with E-state index in [-0.39, 0.29) is 11.9 Å². The Labute approximate surface area is 133 Å². The van der Waals surface area contributed by atoms with Gasteiger partial charge in [0, 0.05) is 30.8 Å². The molecule has 1 aliphatic rings. The first kappa shape index (κ1) is 14.7. The molecule has 1 amide bonds. The van der Waals surface area contributed by atoms with Gasteiger partial charge in [0.15, 0.2) is 0 Å². The second-order valence-electron chi connectivity index (χ2n) is 5.00. The first-order valence-electron chi connectivity index (χ1n) is 7.05. The molecule has 2 N–H and O–H groups in total. The Hall–Kier alpha value is -2.27. The molecule has 6 heteroatoms. The number of aromatic nitrogens is 1. The van der Waals surface area contributed by atoms with Gasteiger partial charge in [-0.05, 0) is 18.2 Å². The van der Waals surface area contributed by atoms with Crippen molar-refractivity contribution in [3.05, 3.63) is 52.7 Å². The van der Waals surface area contributed by atoms with Gasteiger partial charge in [-0.25, -0.2) is 4.98 Å². The van der Waals surface area contributed by atoms with E-state index in [4.69, 9.17) is 16.3 Å². The van der Waals surface area contributed by atoms with Crippen LogP contribution in [0.25, 0.3) is 0 Å². The van der Waals surface area contributed by atoms with Crippen molar-refractivity contribution in [2.24, 2.45) is 0 Å². The molecule has 0 fully saturated rings. The first-order valence-corrected chi connectivity index (χ1v) is 7.42. The van der Waals surface area contributed by atoms with Crippen molar-refractivity contribution >= 4 is 23.3 Å². The van der Waals surface area contributed by atoms with E-state index in [0.29, 0.717) is 35.2 Å². The topological polar surface area (TPSA) is 63.2 Å². The summed E-state index contributed by atoms with van der Waals surface area (Å²) in [6.45, 7) is 0.528. The van der Waals surface area contributed by atoms with E-state index in [1.165, 1.54) is 0 Å². The summed E-state index contributed by atoms with van der Waals surface area (Å²) in [6.07, 6.45) is 2.32. The van der Waals surface area contributed by atoms with Crippen LogP contribution in [0.3, 0.4) is 0 Å². The van der Waals surface area contributed by atoms with E-state index in [9.17, 15) is 4.79 Å². The van der Waals surface area contributed by atoms with Crippen LogP contribution in [0.5, 0.6) is 5.75 Å². The molecule has 0 unspecified atom stereocenters. The maximum Gasteiger partial charge on any atom is 0.251 e. The van der Waals surface area contributed by atoms with E-state index in [1.807, 2.05) is 12.1 Å². The lowest BCUT2D eigenvalue weighted by Crippen LogP contribution is -2.32. The van der Waals surface area contributed by atoms with Crippen molar-refractivity contribution in [1.82, 2.24) is 10.3 Å². The van der Waals surface area contributed by atoms with E-state index < -0.39 is 0 Å². The van der Waals surface area contributed by atoms with Gasteiger partial charge in [0.05, 0.1) is 17.7 Å². The number of hydrogen-bond acceptors (Lipinski definition) is 4. The highest BCUT2D eigenvalue weighted by Gasteiger charge is 2.25. The van der Waals surface area contributed by atoms with Crippen LogP contribution in [0.15, 0.2) is 36.5 Å². The van der Waals surface area contributed by atoms with Crippen LogP contribution in [0, 0.1) is 0 Å². The Morgan fingerprint density at radius 1 is 1.41 bits per heavy atom. The fourth-order valence-corrected chi connectivity index (χ4v) is 2.72. The molecule has 0 aliphatic carbocycles. The summed E-state index contributed by atoms with van der Waals surface area (Å²) in [4.78, 5) is 16.5. The van der Waals surface area contributed by atoms with E-state index in [0.717, 1.165) is 5.56 Å². The van der Waals surface area contributed by atoms with Gasteiger partial charge in [-0.1, -0.05) is 23.7 Å². The molecule has 3 rings (SSSR count). The van der Waals surface area contributed by atoms with Crippen LogP contribution < -0.4 is 15.4 Å². The molecular formula is C16H16ClN3O2.